The van der Waals surface area contributed by atoms with Crippen molar-refractivity contribution in [1.29, 1.82) is 0 Å². The summed E-state index contributed by atoms with van der Waals surface area (Å²) >= 11 is 7.15. The maximum Gasteiger partial charge on any atom is 0.234 e. The minimum atomic E-state index is -0.446. The normalized spacial score (nSPS) is 10.5. The first-order valence-electron chi connectivity index (χ1n) is 7.57. The van der Waals surface area contributed by atoms with E-state index in [0.29, 0.717) is 21.7 Å². The molecule has 2 aromatic carbocycles. The number of aromatic nitrogens is 3. The number of rotatable bonds is 7. The summed E-state index contributed by atoms with van der Waals surface area (Å²) in [6.07, 6.45) is 0. The van der Waals surface area contributed by atoms with E-state index in [1.807, 2.05) is 0 Å². The highest BCUT2D eigenvalue weighted by molar-refractivity contribution is 7.99. The highest BCUT2D eigenvalue weighted by Crippen LogP contribution is 2.21. The Kier molecular flexibility index (Phi) is 6.08. The lowest BCUT2D eigenvalue weighted by Gasteiger charge is -2.05. The molecule has 0 spiro atoms. The molecule has 0 radical (unpaired) electrons. The number of para-hydroxylation sites is 2. The van der Waals surface area contributed by atoms with Gasteiger partial charge in [0.05, 0.1) is 16.5 Å². The molecule has 0 bridgehead atoms. The molecule has 0 fully saturated rings. The molecule has 0 unspecified atom stereocenters. The smallest absolute Gasteiger partial charge is 0.234 e. The molecule has 3 rings (SSSR count). The van der Waals surface area contributed by atoms with Gasteiger partial charge in [-0.25, -0.2) is 9.37 Å². The first kappa shape index (κ1) is 18.2. The van der Waals surface area contributed by atoms with E-state index in [4.69, 9.17) is 16.3 Å². The fourth-order valence-corrected chi connectivity index (χ4v) is 2.79. The number of H-pyrrole nitrogens is 1. The summed E-state index contributed by atoms with van der Waals surface area (Å²) in [6.45, 7) is 0.0420. The Bertz CT molecular complexity index is 906. The van der Waals surface area contributed by atoms with Crippen molar-refractivity contribution < 1.29 is 13.9 Å². The van der Waals surface area contributed by atoms with Crippen molar-refractivity contribution in [3.8, 4) is 5.75 Å². The number of carbonyl (C=O) groups excluding carboxylic acids is 1. The van der Waals surface area contributed by atoms with Gasteiger partial charge >= 0.3 is 0 Å². The van der Waals surface area contributed by atoms with Crippen molar-refractivity contribution in [1.82, 2.24) is 15.2 Å². The maximum atomic E-state index is 13.5. The van der Waals surface area contributed by atoms with Crippen LogP contribution in [-0.4, -0.2) is 26.8 Å². The summed E-state index contributed by atoms with van der Waals surface area (Å²) in [5, 5.41) is 10.3. The molecule has 0 saturated heterocycles. The zero-order chi connectivity index (χ0) is 18.4. The second-order valence-corrected chi connectivity index (χ2v) is 6.45. The second kappa shape index (κ2) is 8.68. The number of thioether (sulfide) groups is 1. The molecule has 2 N–H and O–H groups in total. The summed E-state index contributed by atoms with van der Waals surface area (Å²) in [5.74, 6) is 0.0193. The monoisotopic (exact) mass is 392 g/mol. The Labute approximate surface area is 158 Å². The van der Waals surface area contributed by atoms with E-state index in [-0.39, 0.29) is 24.0 Å². The zero-order valence-electron chi connectivity index (χ0n) is 13.4. The van der Waals surface area contributed by atoms with Gasteiger partial charge in [-0.2, -0.15) is 0 Å². The number of benzene rings is 2. The van der Waals surface area contributed by atoms with Gasteiger partial charge in [-0.05, 0) is 24.3 Å². The number of hydrogen-bond acceptors (Lipinski definition) is 5. The molecule has 0 saturated carbocycles. The molecular weight excluding hydrogens is 379 g/mol. The molecule has 0 atom stereocenters. The first-order chi connectivity index (χ1) is 12.6. The highest BCUT2D eigenvalue weighted by atomic mass is 35.5. The van der Waals surface area contributed by atoms with Crippen LogP contribution in [0.15, 0.2) is 53.7 Å². The Balaban J connectivity index is 1.48. The number of ether oxygens (including phenoxy) is 1. The fourth-order valence-electron chi connectivity index (χ4n) is 1.99. The van der Waals surface area contributed by atoms with Crippen LogP contribution >= 0.6 is 23.4 Å². The maximum absolute atomic E-state index is 13.5. The molecule has 1 amide bonds. The van der Waals surface area contributed by atoms with E-state index in [1.165, 1.54) is 12.1 Å². The lowest BCUT2D eigenvalue weighted by Crippen LogP contribution is -2.14. The number of nitrogens with one attached hydrogen (secondary N) is 2. The van der Waals surface area contributed by atoms with Crippen molar-refractivity contribution >= 4 is 35.0 Å². The van der Waals surface area contributed by atoms with Crippen LogP contribution in [0.25, 0.3) is 0 Å². The van der Waals surface area contributed by atoms with Crippen molar-refractivity contribution in [3.63, 3.8) is 0 Å². The zero-order valence-corrected chi connectivity index (χ0v) is 15.0. The van der Waals surface area contributed by atoms with Crippen LogP contribution in [0.5, 0.6) is 5.75 Å². The van der Waals surface area contributed by atoms with Crippen molar-refractivity contribution in [2.24, 2.45) is 0 Å². The third kappa shape index (κ3) is 4.96. The average molecular weight is 393 g/mol. The van der Waals surface area contributed by atoms with Crippen LogP contribution in [-0.2, 0) is 11.4 Å². The summed E-state index contributed by atoms with van der Waals surface area (Å²) in [6, 6.07) is 13.1. The molecule has 1 aromatic heterocycles. The predicted molar refractivity (Wildman–Crippen MR) is 97.9 cm³/mol. The van der Waals surface area contributed by atoms with E-state index in [0.717, 1.165) is 11.8 Å². The van der Waals surface area contributed by atoms with E-state index >= 15 is 0 Å². The molecule has 9 heteroatoms. The van der Waals surface area contributed by atoms with Crippen molar-refractivity contribution in [2.75, 3.05) is 11.1 Å². The van der Waals surface area contributed by atoms with Crippen LogP contribution in [0.2, 0.25) is 5.02 Å². The summed E-state index contributed by atoms with van der Waals surface area (Å²) in [7, 11) is 0. The number of aromatic amines is 1. The first-order valence-corrected chi connectivity index (χ1v) is 8.94. The minimum Gasteiger partial charge on any atom is -0.483 e. The van der Waals surface area contributed by atoms with Crippen molar-refractivity contribution in [3.05, 3.63) is 65.2 Å². The fraction of sp³-hybridized carbons (Fsp3) is 0.118. The number of carbonyl (C=O) groups is 1. The molecule has 1 heterocycles. The van der Waals surface area contributed by atoms with Gasteiger partial charge in [0.15, 0.2) is 17.4 Å². The Morgan fingerprint density at radius 2 is 2.00 bits per heavy atom. The van der Waals surface area contributed by atoms with Gasteiger partial charge in [0.25, 0.3) is 0 Å². The van der Waals surface area contributed by atoms with E-state index < -0.39 is 5.82 Å². The lowest BCUT2D eigenvalue weighted by atomic mass is 10.3. The van der Waals surface area contributed by atoms with E-state index in [2.05, 4.69) is 20.5 Å². The standard InChI is InChI=1S/C17H14ClFN4O2S/c18-11-5-1-3-7-13(11)20-16(24)10-26-17-21-15(22-23-17)9-25-14-8-4-2-6-12(14)19/h1-8H,9-10H2,(H,20,24)(H,21,22,23). The van der Waals surface area contributed by atoms with Crippen LogP contribution in [0, 0.1) is 5.82 Å². The molecular formula is C17H14ClFN4O2S. The quantitative estimate of drug-likeness (QED) is 0.596. The SMILES string of the molecule is O=C(CSc1n[nH]c(COc2ccccc2F)n1)Nc1ccccc1Cl. The molecule has 3 aromatic rings. The summed E-state index contributed by atoms with van der Waals surface area (Å²) in [5.41, 5.74) is 0.550. The number of anilines is 1. The molecule has 134 valence electrons. The van der Waals surface area contributed by atoms with Gasteiger partial charge in [0.2, 0.25) is 11.1 Å². The highest BCUT2D eigenvalue weighted by Gasteiger charge is 2.10. The average Bonchev–Trinajstić information content (AvgIpc) is 3.09. The molecule has 0 aliphatic heterocycles. The molecule has 0 aliphatic rings. The number of halogens is 2. The third-order valence-electron chi connectivity index (χ3n) is 3.19. The Morgan fingerprint density at radius 3 is 2.81 bits per heavy atom. The lowest BCUT2D eigenvalue weighted by molar-refractivity contribution is -0.113. The van der Waals surface area contributed by atoms with Gasteiger partial charge in [-0.15, -0.1) is 5.10 Å². The van der Waals surface area contributed by atoms with E-state index in [9.17, 15) is 9.18 Å². The van der Waals surface area contributed by atoms with Crippen molar-refractivity contribution in [2.45, 2.75) is 11.8 Å². The van der Waals surface area contributed by atoms with Crippen LogP contribution < -0.4 is 10.1 Å². The minimum absolute atomic E-state index is 0.0420. The topological polar surface area (TPSA) is 79.9 Å². The molecule has 6 nitrogen and oxygen atoms in total. The van der Waals surface area contributed by atoms with Crippen LogP contribution in [0.4, 0.5) is 10.1 Å². The van der Waals surface area contributed by atoms with Gasteiger partial charge in [0, 0.05) is 0 Å². The van der Waals surface area contributed by atoms with E-state index in [1.54, 1.807) is 36.4 Å². The Hall–Kier alpha value is -2.58. The second-order valence-electron chi connectivity index (χ2n) is 5.10. The Morgan fingerprint density at radius 1 is 1.23 bits per heavy atom. The molecule has 0 aliphatic carbocycles. The summed E-state index contributed by atoms with van der Waals surface area (Å²) in [4.78, 5) is 16.2. The van der Waals surface area contributed by atoms with Gasteiger partial charge in [-0.3, -0.25) is 9.89 Å². The van der Waals surface area contributed by atoms with Crippen LogP contribution in [0.1, 0.15) is 5.82 Å². The van der Waals surface area contributed by atoms with Crippen LogP contribution in [0.3, 0.4) is 0 Å². The van der Waals surface area contributed by atoms with Gasteiger partial charge in [-0.1, -0.05) is 47.6 Å². The number of hydrogen-bond donors (Lipinski definition) is 2. The number of nitrogens with zero attached hydrogens (tertiary/aromatic N) is 2. The molecule has 26 heavy (non-hydrogen) atoms. The van der Waals surface area contributed by atoms with Gasteiger partial charge < -0.3 is 10.1 Å². The van der Waals surface area contributed by atoms with Gasteiger partial charge in [0.1, 0.15) is 6.61 Å². The predicted octanol–water partition coefficient (Wildman–Crippen LogP) is 3.91. The number of amides is 1. The summed E-state index contributed by atoms with van der Waals surface area (Å²) < 4.78 is 18.8. The largest absolute Gasteiger partial charge is 0.483 e. The third-order valence-corrected chi connectivity index (χ3v) is 4.37.